The normalized spacial score (nSPS) is 13.2. The summed E-state index contributed by atoms with van der Waals surface area (Å²) in [7, 11) is -9.10. The topological polar surface area (TPSA) is 96.0 Å². The van der Waals surface area contributed by atoms with E-state index < -0.39 is 29.7 Å². The van der Waals surface area contributed by atoms with Crippen molar-refractivity contribution in [2.24, 2.45) is 0 Å². The van der Waals surface area contributed by atoms with Gasteiger partial charge in [-0.1, -0.05) is 0 Å². The summed E-state index contributed by atoms with van der Waals surface area (Å²) in [6, 6.07) is 0. The van der Waals surface area contributed by atoms with Gasteiger partial charge in [-0.05, 0) is 26.1 Å². The van der Waals surface area contributed by atoms with Crippen molar-refractivity contribution in [3.05, 3.63) is 0 Å². The van der Waals surface area contributed by atoms with Crippen LogP contribution in [0.4, 0.5) is 0 Å². The van der Waals surface area contributed by atoms with Crippen LogP contribution in [0.15, 0.2) is 0 Å². The van der Waals surface area contributed by atoms with Crippen molar-refractivity contribution < 1.29 is 29.1 Å². The van der Waals surface area contributed by atoms with Gasteiger partial charge >= 0.3 is 10.4 Å². The predicted octanol–water partition coefficient (Wildman–Crippen LogP) is 0.0324. The minimum Gasteiger partial charge on any atom is -0.294 e. The number of hydrogen-bond acceptors (Lipinski definition) is 7. The van der Waals surface area contributed by atoms with Crippen molar-refractivity contribution in [1.82, 2.24) is 0 Å². The summed E-state index contributed by atoms with van der Waals surface area (Å²) in [5.74, 6) is 0. The zero-order chi connectivity index (χ0) is 12.8. The predicted molar refractivity (Wildman–Crippen MR) is 60.2 cm³/mol. The van der Waals surface area contributed by atoms with Crippen LogP contribution in [0.2, 0.25) is 19.6 Å². The summed E-state index contributed by atoms with van der Waals surface area (Å²) in [5.41, 5.74) is 0. The van der Waals surface area contributed by atoms with Gasteiger partial charge in [0.25, 0.3) is 11.0 Å². The van der Waals surface area contributed by atoms with Crippen LogP contribution in [-0.4, -0.2) is 38.4 Å². The monoisotopic (exact) mass is 292 g/mol. The average molecular weight is 292 g/mol. The van der Waals surface area contributed by atoms with E-state index >= 15 is 0 Å². The Balaban J connectivity index is 3.84. The summed E-state index contributed by atoms with van der Waals surface area (Å²) in [5, 5.41) is 0. The Kier molecular flexibility index (Phi) is 6.66. The first kappa shape index (κ1) is 16.0. The maximum Gasteiger partial charge on any atom is 0.390 e. The summed E-state index contributed by atoms with van der Waals surface area (Å²) < 4.78 is 55.8. The largest absolute Gasteiger partial charge is 0.390 e. The molecule has 0 amide bonds. The lowest BCUT2D eigenvalue weighted by Crippen LogP contribution is -2.30. The molecule has 0 aromatic heterocycles. The molecule has 0 saturated heterocycles. The zero-order valence-corrected chi connectivity index (χ0v) is 12.0. The Morgan fingerprint density at radius 2 is 1.69 bits per heavy atom. The van der Waals surface area contributed by atoms with Crippen LogP contribution in [0.25, 0.3) is 0 Å². The van der Waals surface area contributed by atoms with Crippen molar-refractivity contribution in [3.63, 3.8) is 0 Å². The number of thiol groups is 1. The molecule has 0 heterocycles. The fourth-order valence-corrected chi connectivity index (χ4v) is 3.93. The Hall–Kier alpha value is -0.00312. The fraction of sp³-hybridized carbons (Fsp3) is 1.00. The Bertz CT molecular complexity index is 359. The minimum absolute atomic E-state index is 0.110. The van der Waals surface area contributed by atoms with E-state index in [0.717, 1.165) is 0 Å². The lowest BCUT2D eigenvalue weighted by molar-refractivity contribution is 0.237. The SMILES string of the molecule is C[Si](C)(C)OS(=O)(=O)OCCCO[SH](=O)=O. The molecule has 0 saturated carbocycles. The fourth-order valence-electron chi connectivity index (χ4n) is 0.689. The lowest BCUT2D eigenvalue weighted by atomic mass is 10.5. The smallest absolute Gasteiger partial charge is 0.294 e. The number of rotatable bonds is 8. The highest BCUT2D eigenvalue weighted by molar-refractivity contribution is 7.83. The Morgan fingerprint density at radius 3 is 2.12 bits per heavy atom. The molecule has 0 radical (unpaired) electrons. The van der Waals surface area contributed by atoms with E-state index in [-0.39, 0.29) is 19.6 Å². The van der Waals surface area contributed by atoms with E-state index in [1.165, 1.54) is 0 Å². The molecule has 0 aliphatic heterocycles. The first-order valence-electron chi connectivity index (χ1n) is 4.50. The maximum absolute atomic E-state index is 11.2. The molecule has 7 nitrogen and oxygen atoms in total. The van der Waals surface area contributed by atoms with Crippen LogP contribution in [0.3, 0.4) is 0 Å². The molecule has 0 rings (SSSR count). The van der Waals surface area contributed by atoms with Crippen molar-refractivity contribution >= 4 is 29.7 Å². The van der Waals surface area contributed by atoms with Gasteiger partial charge in [0.2, 0.25) is 8.32 Å². The Labute approximate surface area is 98.3 Å². The summed E-state index contributed by atoms with van der Waals surface area (Å²) >= 11 is 0. The molecule has 0 bridgehead atoms. The number of hydrogen-bond donors (Lipinski definition) is 1. The van der Waals surface area contributed by atoms with E-state index in [9.17, 15) is 16.8 Å². The van der Waals surface area contributed by atoms with E-state index in [0.29, 0.717) is 0 Å². The third kappa shape index (κ3) is 10.5. The summed E-state index contributed by atoms with van der Waals surface area (Å²) in [6.45, 7) is 4.84. The van der Waals surface area contributed by atoms with Crippen molar-refractivity contribution in [2.45, 2.75) is 26.1 Å². The van der Waals surface area contributed by atoms with Crippen LogP contribution >= 0.6 is 0 Å². The van der Waals surface area contributed by atoms with Crippen LogP contribution in [0, 0.1) is 0 Å². The molecule has 0 aliphatic rings. The molecule has 98 valence electrons. The first-order valence-corrected chi connectivity index (χ1v) is 10.3. The summed E-state index contributed by atoms with van der Waals surface area (Å²) in [6.07, 6.45) is 0.150. The van der Waals surface area contributed by atoms with Crippen molar-refractivity contribution in [2.75, 3.05) is 13.2 Å². The second-order valence-corrected chi connectivity index (χ2v) is 10.5. The van der Waals surface area contributed by atoms with Gasteiger partial charge in [-0.25, -0.2) is 12.6 Å². The molecule has 0 N–H and O–H groups in total. The summed E-state index contributed by atoms with van der Waals surface area (Å²) in [4.78, 5) is 0. The molecule has 0 atom stereocenters. The zero-order valence-electron chi connectivity index (χ0n) is 9.33. The highest BCUT2D eigenvalue weighted by Gasteiger charge is 2.24. The van der Waals surface area contributed by atoms with Crippen LogP contribution in [0.5, 0.6) is 0 Å². The maximum atomic E-state index is 11.2. The van der Waals surface area contributed by atoms with E-state index in [1.54, 1.807) is 19.6 Å². The van der Waals surface area contributed by atoms with Gasteiger partial charge < -0.3 is 0 Å². The Morgan fingerprint density at radius 1 is 1.12 bits per heavy atom. The van der Waals surface area contributed by atoms with E-state index in [2.05, 4.69) is 8.37 Å². The van der Waals surface area contributed by atoms with Gasteiger partial charge in [-0.2, -0.15) is 8.42 Å². The van der Waals surface area contributed by atoms with Gasteiger partial charge in [-0.15, -0.1) is 0 Å². The molecule has 0 aromatic carbocycles. The minimum atomic E-state index is -3.98. The third-order valence-corrected chi connectivity index (χ3v) is 4.73. The van der Waals surface area contributed by atoms with Gasteiger partial charge in [0, 0.05) is 0 Å². The molecular formula is C6H16O7S2Si. The van der Waals surface area contributed by atoms with Crippen molar-refractivity contribution in [3.8, 4) is 0 Å². The van der Waals surface area contributed by atoms with Gasteiger partial charge in [0.1, 0.15) is 0 Å². The molecular weight excluding hydrogens is 276 g/mol. The van der Waals surface area contributed by atoms with Gasteiger partial charge in [-0.3, -0.25) is 8.06 Å². The highest BCUT2D eigenvalue weighted by atomic mass is 32.3. The van der Waals surface area contributed by atoms with E-state index in [1.807, 2.05) is 0 Å². The molecule has 10 heteroatoms. The quantitative estimate of drug-likeness (QED) is 0.383. The second kappa shape index (κ2) is 6.66. The molecule has 0 aromatic rings. The highest BCUT2D eigenvalue weighted by Crippen LogP contribution is 2.09. The second-order valence-electron chi connectivity index (χ2n) is 3.84. The van der Waals surface area contributed by atoms with Gasteiger partial charge in [0.05, 0.1) is 13.2 Å². The lowest BCUT2D eigenvalue weighted by Gasteiger charge is -2.15. The molecule has 0 spiro atoms. The van der Waals surface area contributed by atoms with Crippen LogP contribution in [-0.2, 0) is 33.6 Å². The van der Waals surface area contributed by atoms with Crippen molar-refractivity contribution in [1.29, 1.82) is 0 Å². The molecule has 16 heavy (non-hydrogen) atoms. The van der Waals surface area contributed by atoms with Gasteiger partial charge in [0.15, 0.2) is 0 Å². The first-order chi connectivity index (χ1) is 7.12. The van der Waals surface area contributed by atoms with Crippen LogP contribution < -0.4 is 0 Å². The molecule has 0 fully saturated rings. The average Bonchev–Trinajstić information content (AvgIpc) is 1.97. The standard InChI is InChI=1S/C6H16O7S2Si/c1-16(2,3)13-15(9,10)12-6-4-5-11-14(7)8/h14H,4-6H2,1-3H3. The van der Waals surface area contributed by atoms with E-state index in [4.69, 9.17) is 3.87 Å². The third-order valence-electron chi connectivity index (χ3n) is 1.07. The molecule has 0 unspecified atom stereocenters. The van der Waals surface area contributed by atoms with Crippen LogP contribution in [0.1, 0.15) is 6.42 Å². The molecule has 0 aliphatic carbocycles.